The Labute approximate surface area is 146 Å². The van der Waals surface area contributed by atoms with Crippen LogP contribution in [0.25, 0.3) is 0 Å². The number of aryl methyl sites for hydroxylation is 1. The Kier molecular flexibility index (Phi) is 5.40. The lowest BCUT2D eigenvalue weighted by Gasteiger charge is -2.28. The second kappa shape index (κ2) is 7.90. The Morgan fingerprint density at radius 3 is 2.52 bits per heavy atom. The fraction of sp³-hybridized carbons (Fsp3) is 0.316. The molecule has 1 aliphatic heterocycles. The number of non-ortho nitro benzene ring substituents is 1. The summed E-state index contributed by atoms with van der Waals surface area (Å²) in [6, 6.07) is 14.1. The predicted octanol–water partition coefficient (Wildman–Crippen LogP) is 3.25. The summed E-state index contributed by atoms with van der Waals surface area (Å²) in [5, 5.41) is 10.8. The number of anilines is 1. The number of ketones is 1. The van der Waals surface area contributed by atoms with Gasteiger partial charge in [-0.1, -0.05) is 12.1 Å². The van der Waals surface area contributed by atoms with Crippen LogP contribution in [0.2, 0.25) is 0 Å². The summed E-state index contributed by atoms with van der Waals surface area (Å²) >= 11 is 0. The molecule has 0 aliphatic carbocycles. The van der Waals surface area contributed by atoms with Crippen LogP contribution in [0.1, 0.15) is 22.3 Å². The van der Waals surface area contributed by atoms with Crippen molar-refractivity contribution >= 4 is 17.2 Å². The molecule has 6 nitrogen and oxygen atoms in total. The maximum Gasteiger partial charge on any atom is 0.269 e. The number of benzene rings is 2. The number of morpholine rings is 1. The zero-order valence-electron chi connectivity index (χ0n) is 13.9. The first-order valence-electron chi connectivity index (χ1n) is 8.33. The van der Waals surface area contributed by atoms with E-state index >= 15 is 0 Å². The third-order valence-corrected chi connectivity index (χ3v) is 4.33. The summed E-state index contributed by atoms with van der Waals surface area (Å²) in [7, 11) is 0. The molecular weight excluding hydrogens is 320 g/mol. The quantitative estimate of drug-likeness (QED) is 0.458. The van der Waals surface area contributed by atoms with Crippen molar-refractivity contribution in [2.75, 3.05) is 31.2 Å². The van der Waals surface area contributed by atoms with Crippen LogP contribution in [0.15, 0.2) is 48.5 Å². The van der Waals surface area contributed by atoms with E-state index in [0.29, 0.717) is 18.4 Å². The number of Topliss-reactive ketones (excluding diaryl/α,β-unsaturated/α-hetero) is 1. The Morgan fingerprint density at radius 1 is 1.12 bits per heavy atom. The van der Waals surface area contributed by atoms with E-state index in [-0.39, 0.29) is 11.5 Å². The number of hydrogen-bond acceptors (Lipinski definition) is 5. The van der Waals surface area contributed by atoms with Gasteiger partial charge in [0.05, 0.1) is 18.1 Å². The highest BCUT2D eigenvalue weighted by atomic mass is 16.6. The normalized spacial score (nSPS) is 14.3. The number of rotatable bonds is 6. The predicted molar refractivity (Wildman–Crippen MR) is 95.2 cm³/mol. The number of hydrogen-bond donors (Lipinski definition) is 0. The van der Waals surface area contributed by atoms with Gasteiger partial charge in [0.1, 0.15) is 0 Å². The van der Waals surface area contributed by atoms with E-state index in [9.17, 15) is 14.9 Å². The summed E-state index contributed by atoms with van der Waals surface area (Å²) < 4.78 is 5.34. The Balaban J connectivity index is 1.59. The maximum absolute atomic E-state index is 12.4. The summed E-state index contributed by atoms with van der Waals surface area (Å²) in [5.74, 6) is 0.0417. The molecule has 0 N–H and O–H groups in total. The Bertz CT molecular complexity index is 752. The molecule has 2 aromatic rings. The van der Waals surface area contributed by atoms with E-state index in [1.807, 2.05) is 30.3 Å². The topological polar surface area (TPSA) is 72.7 Å². The van der Waals surface area contributed by atoms with E-state index in [2.05, 4.69) is 4.90 Å². The average molecular weight is 340 g/mol. The van der Waals surface area contributed by atoms with Gasteiger partial charge in [0.25, 0.3) is 5.69 Å². The molecule has 130 valence electrons. The largest absolute Gasteiger partial charge is 0.378 e. The van der Waals surface area contributed by atoms with Gasteiger partial charge >= 0.3 is 0 Å². The lowest BCUT2D eigenvalue weighted by Crippen LogP contribution is -2.36. The van der Waals surface area contributed by atoms with Crippen molar-refractivity contribution in [1.29, 1.82) is 0 Å². The summed E-state index contributed by atoms with van der Waals surface area (Å²) in [6.45, 7) is 3.17. The molecule has 0 amide bonds. The Hall–Kier alpha value is -2.73. The van der Waals surface area contributed by atoms with Crippen LogP contribution >= 0.6 is 0 Å². The molecule has 1 saturated heterocycles. The SMILES string of the molecule is O=C(CCc1cccc([N+](=O)[O-])c1)c1ccc(N2CCOCC2)cc1. The molecule has 2 aromatic carbocycles. The van der Waals surface area contributed by atoms with Gasteiger partial charge in [-0.05, 0) is 36.2 Å². The first kappa shape index (κ1) is 17.1. The average Bonchev–Trinajstić information content (AvgIpc) is 2.67. The van der Waals surface area contributed by atoms with Gasteiger partial charge in [-0.2, -0.15) is 0 Å². The van der Waals surface area contributed by atoms with Gasteiger partial charge in [0, 0.05) is 42.9 Å². The molecule has 3 rings (SSSR count). The highest BCUT2D eigenvalue weighted by Crippen LogP contribution is 2.19. The molecule has 0 aromatic heterocycles. The number of nitro groups is 1. The Morgan fingerprint density at radius 2 is 1.84 bits per heavy atom. The summed E-state index contributed by atoms with van der Waals surface area (Å²) in [4.78, 5) is 25.0. The van der Waals surface area contributed by atoms with Crippen LogP contribution in [0.5, 0.6) is 0 Å². The third kappa shape index (κ3) is 4.42. The van der Waals surface area contributed by atoms with Crippen molar-refractivity contribution in [2.24, 2.45) is 0 Å². The van der Waals surface area contributed by atoms with Crippen LogP contribution in [-0.2, 0) is 11.2 Å². The fourth-order valence-electron chi connectivity index (χ4n) is 2.91. The molecule has 1 heterocycles. The minimum absolute atomic E-state index is 0.0417. The van der Waals surface area contributed by atoms with E-state index in [4.69, 9.17) is 4.74 Å². The number of ether oxygens (including phenoxy) is 1. The number of carbonyl (C=O) groups is 1. The minimum Gasteiger partial charge on any atom is -0.378 e. The van der Waals surface area contributed by atoms with Crippen LogP contribution < -0.4 is 4.90 Å². The lowest BCUT2D eigenvalue weighted by molar-refractivity contribution is -0.384. The van der Waals surface area contributed by atoms with Gasteiger partial charge < -0.3 is 9.64 Å². The first-order valence-corrected chi connectivity index (χ1v) is 8.33. The maximum atomic E-state index is 12.4. The van der Waals surface area contributed by atoms with Crippen molar-refractivity contribution < 1.29 is 14.5 Å². The molecule has 0 spiro atoms. The monoisotopic (exact) mass is 340 g/mol. The number of nitrogens with zero attached hydrogens (tertiary/aromatic N) is 2. The molecular formula is C19H20N2O4. The molecule has 6 heteroatoms. The zero-order valence-corrected chi connectivity index (χ0v) is 13.9. The van der Waals surface area contributed by atoms with Gasteiger partial charge in [0.2, 0.25) is 0 Å². The van der Waals surface area contributed by atoms with Crippen LogP contribution in [0.3, 0.4) is 0 Å². The van der Waals surface area contributed by atoms with Crippen LogP contribution in [0.4, 0.5) is 11.4 Å². The second-order valence-corrected chi connectivity index (χ2v) is 6.00. The van der Waals surface area contributed by atoms with Gasteiger partial charge in [-0.3, -0.25) is 14.9 Å². The minimum atomic E-state index is -0.421. The standard InChI is InChI=1S/C19H20N2O4/c22-19(9-4-15-2-1-3-18(14-15)21(23)24)16-5-7-17(8-6-16)20-10-12-25-13-11-20/h1-3,5-8,14H,4,9-13H2. The summed E-state index contributed by atoms with van der Waals surface area (Å²) in [6.07, 6.45) is 0.823. The van der Waals surface area contributed by atoms with E-state index < -0.39 is 4.92 Å². The number of carbonyl (C=O) groups excluding carboxylic acids is 1. The molecule has 0 radical (unpaired) electrons. The van der Waals surface area contributed by atoms with Crippen LogP contribution in [-0.4, -0.2) is 37.0 Å². The molecule has 0 atom stereocenters. The molecule has 1 aliphatic rings. The number of nitro benzene ring substituents is 1. The fourth-order valence-corrected chi connectivity index (χ4v) is 2.91. The van der Waals surface area contributed by atoms with Crippen molar-refractivity contribution in [3.05, 3.63) is 69.8 Å². The van der Waals surface area contributed by atoms with E-state index in [0.717, 1.165) is 37.6 Å². The third-order valence-electron chi connectivity index (χ3n) is 4.33. The van der Waals surface area contributed by atoms with E-state index in [1.54, 1.807) is 6.07 Å². The highest BCUT2D eigenvalue weighted by Gasteiger charge is 2.13. The van der Waals surface area contributed by atoms with Crippen molar-refractivity contribution in [3.8, 4) is 0 Å². The summed E-state index contributed by atoms with van der Waals surface area (Å²) in [5.41, 5.74) is 2.62. The zero-order chi connectivity index (χ0) is 17.6. The molecule has 0 unspecified atom stereocenters. The van der Waals surface area contributed by atoms with Crippen molar-refractivity contribution in [3.63, 3.8) is 0 Å². The molecule has 0 bridgehead atoms. The lowest BCUT2D eigenvalue weighted by atomic mass is 10.0. The highest BCUT2D eigenvalue weighted by molar-refractivity contribution is 5.96. The molecule has 1 fully saturated rings. The second-order valence-electron chi connectivity index (χ2n) is 6.00. The van der Waals surface area contributed by atoms with Crippen molar-refractivity contribution in [1.82, 2.24) is 0 Å². The van der Waals surface area contributed by atoms with Gasteiger partial charge in [-0.25, -0.2) is 0 Å². The van der Waals surface area contributed by atoms with Crippen molar-refractivity contribution in [2.45, 2.75) is 12.8 Å². The van der Waals surface area contributed by atoms with Crippen LogP contribution in [0, 0.1) is 10.1 Å². The molecule has 0 saturated carbocycles. The smallest absolute Gasteiger partial charge is 0.269 e. The first-order chi connectivity index (χ1) is 12.1. The molecule has 25 heavy (non-hydrogen) atoms. The van der Waals surface area contributed by atoms with E-state index in [1.165, 1.54) is 12.1 Å². The van der Waals surface area contributed by atoms with Gasteiger partial charge in [0.15, 0.2) is 5.78 Å². The van der Waals surface area contributed by atoms with Gasteiger partial charge in [-0.15, -0.1) is 0 Å².